The van der Waals surface area contributed by atoms with E-state index >= 15 is 0 Å². The number of anilines is 1. The van der Waals surface area contributed by atoms with E-state index in [4.69, 9.17) is 10.8 Å². The number of thiazole rings is 1. The Balaban J connectivity index is 1.53. The number of nitrogens with one attached hydrogen (secondary N) is 1. The lowest BCUT2D eigenvalue weighted by atomic mass is 10.0. The molecule has 1 unspecified atom stereocenters. The van der Waals surface area contributed by atoms with Gasteiger partial charge in [0.15, 0.2) is 7.23 Å². The maximum Gasteiger partial charge on any atom is 0.162 e. The van der Waals surface area contributed by atoms with Crippen LogP contribution in [-0.4, -0.2) is 39.0 Å². The van der Waals surface area contributed by atoms with Crippen molar-refractivity contribution in [3.05, 3.63) is 46.5 Å². The summed E-state index contributed by atoms with van der Waals surface area (Å²) in [5.74, 6) is -1.29. The van der Waals surface area contributed by atoms with Gasteiger partial charge in [0.1, 0.15) is 28.6 Å². The van der Waals surface area contributed by atoms with E-state index in [-0.39, 0.29) is 24.2 Å². The summed E-state index contributed by atoms with van der Waals surface area (Å²) in [7, 11) is 0. The van der Waals surface area contributed by atoms with Crippen LogP contribution in [0.25, 0.3) is 10.3 Å². The molecule has 0 spiro atoms. The highest BCUT2D eigenvalue weighted by Gasteiger charge is 2.21. The van der Waals surface area contributed by atoms with Crippen molar-refractivity contribution in [2.24, 2.45) is 0 Å². The van der Waals surface area contributed by atoms with Gasteiger partial charge in [0, 0.05) is 34.3 Å². The fourth-order valence-corrected chi connectivity index (χ4v) is 3.99. The number of piperidine rings is 1. The van der Waals surface area contributed by atoms with Gasteiger partial charge >= 0.3 is 0 Å². The molecule has 150 valence electrons. The second kappa shape index (κ2) is 8.39. The Morgan fingerprint density at radius 3 is 3.00 bits per heavy atom. The zero-order chi connectivity index (χ0) is 24.0. The summed E-state index contributed by atoms with van der Waals surface area (Å²) in [6, 6.07) is 4.60. The van der Waals surface area contributed by atoms with Gasteiger partial charge in [-0.2, -0.15) is 5.26 Å². The van der Waals surface area contributed by atoms with Crippen LogP contribution in [0.3, 0.4) is 0 Å². The van der Waals surface area contributed by atoms with Crippen molar-refractivity contribution in [1.82, 2.24) is 19.9 Å². The molecular formula is C21H23FN6S. The van der Waals surface area contributed by atoms with Gasteiger partial charge in [-0.25, -0.2) is 19.3 Å². The van der Waals surface area contributed by atoms with Crippen molar-refractivity contribution < 1.29 is 9.91 Å². The Hall–Kier alpha value is -2.63. The minimum Gasteiger partial charge on any atom is -0.365 e. The highest BCUT2D eigenvalue weighted by Crippen LogP contribution is 2.29. The van der Waals surface area contributed by atoms with Gasteiger partial charge in [0.2, 0.25) is 0 Å². The Bertz CT molecular complexity index is 1220. The molecule has 0 radical (unpaired) electrons. The standard InChI is InChI=1S/C21H23FN6S/c1-13(2)20-27-18-19(24-12-25-21(18)29-20)26-16-5-7-28(8-6-16)11-14-3-4-17(22)15(9-14)10-23/h3-4,9,12-13,16H,5-8,11H2,1-2H3,(H,24,25,26)/i11D,13D,16D/hD. The van der Waals surface area contributed by atoms with Crippen LogP contribution in [0.15, 0.2) is 24.5 Å². The lowest BCUT2D eigenvalue weighted by molar-refractivity contribution is 0.211. The Morgan fingerprint density at radius 2 is 2.28 bits per heavy atom. The van der Waals surface area contributed by atoms with Crippen molar-refractivity contribution >= 4 is 27.5 Å². The van der Waals surface area contributed by atoms with Gasteiger partial charge in [0.25, 0.3) is 0 Å². The summed E-state index contributed by atoms with van der Waals surface area (Å²) in [5.41, 5.74) is 0.828. The maximum absolute atomic E-state index is 13.6. The molecule has 1 aromatic carbocycles. The molecule has 2 aromatic heterocycles. The predicted molar refractivity (Wildman–Crippen MR) is 112 cm³/mol. The summed E-state index contributed by atoms with van der Waals surface area (Å²) in [6.07, 6.45) is 1.91. The summed E-state index contributed by atoms with van der Waals surface area (Å²) in [5, 5.41) is 10.7. The molecule has 0 saturated carbocycles. The highest BCUT2D eigenvalue weighted by molar-refractivity contribution is 7.18. The number of aromatic nitrogens is 3. The number of hydrogen-bond donors (Lipinski definition) is 1. The zero-order valence-electron chi connectivity index (χ0n) is 20.2. The molecule has 1 aliphatic heterocycles. The molecule has 0 bridgehead atoms. The lowest BCUT2D eigenvalue weighted by Gasteiger charge is -2.32. The average molecular weight is 415 g/mol. The first-order chi connectivity index (χ1) is 15.5. The molecule has 1 saturated heterocycles. The number of halogens is 1. The number of benzene rings is 1. The molecule has 6 nitrogen and oxygen atoms in total. The third kappa shape index (κ3) is 4.36. The SMILES string of the molecule is [2H]C(c1ccc(F)c(C#N)c1)N1CCC([2H])(N([2H])c2ncnc3sc(C([2H])(C)C)nc23)CC1. The van der Waals surface area contributed by atoms with Crippen molar-refractivity contribution in [1.29, 1.82) is 5.26 Å². The Kier molecular flexibility index (Phi) is 4.41. The predicted octanol–water partition coefficient (Wildman–Crippen LogP) is 4.30. The number of hydrogen-bond acceptors (Lipinski definition) is 7. The second-order valence-electron chi connectivity index (χ2n) is 7.06. The minimum atomic E-state index is -1.28. The third-order valence-electron chi connectivity index (χ3n) is 4.69. The van der Waals surface area contributed by atoms with Crippen LogP contribution in [0.1, 0.15) is 52.8 Å². The topological polar surface area (TPSA) is 77.7 Å². The van der Waals surface area contributed by atoms with Crippen LogP contribution >= 0.6 is 11.3 Å². The number of rotatable bonds is 5. The van der Waals surface area contributed by atoms with Gasteiger partial charge in [-0.05, 0) is 30.5 Å². The normalized spacial score (nSPS) is 20.2. The number of nitriles is 1. The van der Waals surface area contributed by atoms with Crippen molar-refractivity contribution in [2.75, 3.05) is 18.4 Å². The largest absolute Gasteiger partial charge is 0.365 e. The van der Waals surface area contributed by atoms with Crippen LogP contribution in [0.2, 0.25) is 1.41 Å². The van der Waals surface area contributed by atoms with Crippen LogP contribution in [0.4, 0.5) is 10.2 Å². The van der Waals surface area contributed by atoms with E-state index in [1.54, 1.807) is 19.9 Å². The van der Waals surface area contributed by atoms with E-state index in [1.165, 1.54) is 35.9 Å². The van der Waals surface area contributed by atoms with Gasteiger partial charge in [-0.3, -0.25) is 4.90 Å². The van der Waals surface area contributed by atoms with Crippen molar-refractivity contribution in [3.63, 3.8) is 0 Å². The maximum atomic E-state index is 13.6. The van der Waals surface area contributed by atoms with Crippen LogP contribution in [0, 0.1) is 17.1 Å². The van der Waals surface area contributed by atoms with Crippen molar-refractivity contribution in [2.45, 2.75) is 45.1 Å². The quantitative estimate of drug-likeness (QED) is 0.671. The molecule has 3 aromatic rings. The zero-order valence-corrected chi connectivity index (χ0v) is 17.0. The third-order valence-corrected chi connectivity index (χ3v) is 5.87. The van der Waals surface area contributed by atoms with Crippen molar-refractivity contribution in [3.8, 4) is 6.07 Å². The first-order valence-electron chi connectivity index (χ1n) is 11.3. The second-order valence-corrected chi connectivity index (χ2v) is 8.04. The number of likely N-dealkylation sites (tertiary alicyclic amines) is 1. The van der Waals surface area contributed by atoms with E-state index in [9.17, 15) is 4.39 Å². The summed E-state index contributed by atoms with van der Waals surface area (Å²) in [4.78, 5) is 15.4. The van der Waals surface area contributed by atoms with E-state index in [0.717, 1.165) is 5.31 Å². The van der Waals surface area contributed by atoms with Gasteiger partial charge in [-0.15, -0.1) is 0 Å². The molecule has 8 heteroatoms. The molecule has 1 fully saturated rings. The minimum absolute atomic E-state index is 0.0970. The van der Waals surface area contributed by atoms with Gasteiger partial charge in [0.05, 0.1) is 11.9 Å². The van der Waals surface area contributed by atoms with E-state index in [1.807, 2.05) is 4.90 Å². The molecule has 1 aliphatic rings. The number of fused-ring (bicyclic) bond motifs is 1. The molecule has 1 N–H and O–H groups in total. The van der Waals surface area contributed by atoms with Crippen LogP contribution < -0.4 is 5.31 Å². The fourth-order valence-electron chi connectivity index (χ4n) is 3.13. The van der Waals surface area contributed by atoms with E-state index in [0.29, 0.717) is 34.0 Å². The summed E-state index contributed by atoms with van der Waals surface area (Å²) in [6.45, 7) is 3.42. The Morgan fingerprint density at radius 1 is 1.48 bits per heavy atom. The highest BCUT2D eigenvalue weighted by atomic mass is 32.1. The summed E-state index contributed by atoms with van der Waals surface area (Å²) < 4.78 is 48.0. The molecule has 0 amide bonds. The summed E-state index contributed by atoms with van der Waals surface area (Å²) >= 11 is 1.28. The van der Waals surface area contributed by atoms with Crippen LogP contribution in [0.5, 0.6) is 0 Å². The molecule has 3 heterocycles. The lowest BCUT2D eigenvalue weighted by Crippen LogP contribution is -2.38. The van der Waals surface area contributed by atoms with Gasteiger partial charge in [-0.1, -0.05) is 31.3 Å². The van der Waals surface area contributed by atoms with Crippen LogP contribution in [-0.2, 0) is 6.52 Å². The van der Waals surface area contributed by atoms with Gasteiger partial charge < -0.3 is 5.31 Å². The molecular weight excluding hydrogens is 387 g/mol. The molecule has 1 atom stereocenters. The Labute approximate surface area is 179 Å². The monoisotopic (exact) mass is 414 g/mol. The van der Waals surface area contributed by atoms with E-state index < -0.39 is 24.2 Å². The first-order valence-corrected chi connectivity index (χ1v) is 10.1. The smallest absolute Gasteiger partial charge is 0.162 e. The molecule has 29 heavy (non-hydrogen) atoms. The molecule has 0 aliphatic carbocycles. The average Bonchev–Trinajstić information content (AvgIpc) is 3.24. The van der Waals surface area contributed by atoms with E-state index in [2.05, 4.69) is 15.0 Å². The number of nitrogens with zero attached hydrogens (tertiary/aromatic N) is 5. The fraction of sp³-hybridized carbons (Fsp3) is 0.429. The first kappa shape index (κ1) is 15.2. The molecule has 4 rings (SSSR count).